The van der Waals surface area contributed by atoms with Gasteiger partial charge in [-0.25, -0.2) is 0 Å². The largest absolute Gasteiger partial charge is 0.329 e. The molecule has 1 aromatic rings. The Balaban J connectivity index is 2.14. The van der Waals surface area contributed by atoms with E-state index in [0.29, 0.717) is 5.25 Å². The van der Waals surface area contributed by atoms with Crippen LogP contribution in [0.2, 0.25) is 0 Å². The number of aryl methyl sites for hydroxylation is 1. The molecule has 0 saturated carbocycles. The molecule has 0 bridgehead atoms. The van der Waals surface area contributed by atoms with Gasteiger partial charge in [-0.15, -0.1) is 0 Å². The van der Waals surface area contributed by atoms with Crippen LogP contribution in [0.25, 0.3) is 0 Å². The Bertz CT molecular complexity index is 424. The molecule has 1 aliphatic rings. The number of nitrogens with two attached hydrogens (primary N) is 1. The predicted octanol–water partition coefficient (Wildman–Crippen LogP) is 2.43. The lowest BCUT2D eigenvalue weighted by molar-refractivity contribution is 0.103. The number of hydrogen-bond donors (Lipinski definition) is 1. The van der Waals surface area contributed by atoms with Gasteiger partial charge in [-0.1, -0.05) is 13.0 Å². The van der Waals surface area contributed by atoms with E-state index in [-0.39, 0.29) is 5.54 Å². The molecular weight excluding hydrogens is 254 g/mol. The van der Waals surface area contributed by atoms with Gasteiger partial charge in [-0.05, 0) is 44.7 Å². The fourth-order valence-corrected chi connectivity index (χ4v) is 4.38. The molecule has 1 aliphatic heterocycles. The quantitative estimate of drug-likeness (QED) is 0.919. The first-order valence-electron chi connectivity index (χ1n) is 7.04. The Kier molecular flexibility index (Phi) is 4.87. The maximum Gasteiger partial charge on any atom is 0.0547 e. The first-order chi connectivity index (χ1) is 9.08. The average Bonchev–Trinajstić information content (AvgIpc) is 2.39. The van der Waals surface area contributed by atoms with Crippen molar-refractivity contribution < 1.29 is 0 Å². The Labute approximate surface area is 121 Å². The number of rotatable bonds is 4. The molecule has 0 aromatic carbocycles. The van der Waals surface area contributed by atoms with Crippen LogP contribution in [0, 0.1) is 6.92 Å². The highest BCUT2D eigenvalue weighted by Crippen LogP contribution is 2.37. The summed E-state index contributed by atoms with van der Waals surface area (Å²) < 4.78 is 0. The molecule has 2 atom stereocenters. The number of pyridine rings is 1. The molecule has 3 nitrogen and oxygen atoms in total. The maximum absolute atomic E-state index is 6.14. The maximum atomic E-state index is 6.14. The van der Waals surface area contributed by atoms with Gasteiger partial charge in [0, 0.05) is 29.6 Å². The van der Waals surface area contributed by atoms with E-state index >= 15 is 0 Å². The standard InChI is InChI=1S/C15H25N3S/c1-12-6-4-7-14(17-12)10-18(3)15(11-16)8-5-9-19-13(15)2/h4,6-7,13H,5,8-11,16H2,1-3H3. The molecule has 1 aromatic heterocycles. The van der Waals surface area contributed by atoms with Crippen LogP contribution in [0.5, 0.6) is 0 Å². The Morgan fingerprint density at radius 3 is 2.95 bits per heavy atom. The fourth-order valence-electron chi connectivity index (χ4n) is 3.01. The molecule has 1 fully saturated rings. The summed E-state index contributed by atoms with van der Waals surface area (Å²) in [5, 5.41) is 0.584. The highest BCUT2D eigenvalue weighted by molar-refractivity contribution is 8.00. The number of aromatic nitrogens is 1. The Morgan fingerprint density at radius 1 is 1.53 bits per heavy atom. The first-order valence-corrected chi connectivity index (χ1v) is 8.09. The molecule has 106 valence electrons. The smallest absolute Gasteiger partial charge is 0.0547 e. The minimum absolute atomic E-state index is 0.119. The summed E-state index contributed by atoms with van der Waals surface area (Å²) in [4.78, 5) is 7.03. The van der Waals surface area contributed by atoms with E-state index in [1.54, 1.807) is 0 Å². The monoisotopic (exact) mass is 279 g/mol. The third-order valence-corrected chi connectivity index (χ3v) is 5.80. The minimum atomic E-state index is 0.119. The summed E-state index contributed by atoms with van der Waals surface area (Å²) in [6.07, 6.45) is 2.46. The first kappa shape index (κ1) is 14.8. The zero-order valence-electron chi connectivity index (χ0n) is 12.2. The summed E-state index contributed by atoms with van der Waals surface area (Å²) >= 11 is 2.05. The van der Waals surface area contributed by atoms with E-state index in [1.807, 2.05) is 24.8 Å². The van der Waals surface area contributed by atoms with Crippen molar-refractivity contribution in [2.75, 3.05) is 19.3 Å². The minimum Gasteiger partial charge on any atom is -0.329 e. The highest BCUT2D eigenvalue weighted by Gasteiger charge is 2.41. The van der Waals surface area contributed by atoms with E-state index < -0.39 is 0 Å². The van der Waals surface area contributed by atoms with Gasteiger partial charge in [0.1, 0.15) is 0 Å². The molecule has 1 saturated heterocycles. The van der Waals surface area contributed by atoms with Crippen molar-refractivity contribution >= 4 is 11.8 Å². The zero-order chi connectivity index (χ0) is 13.9. The van der Waals surface area contributed by atoms with Gasteiger partial charge >= 0.3 is 0 Å². The number of thioether (sulfide) groups is 1. The van der Waals surface area contributed by atoms with Crippen LogP contribution >= 0.6 is 11.8 Å². The second-order valence-electron chi connectivity index (χ2n) is 5.55. The third-order valence-electron chi connectivity index (χ3n) is 4.34. The lowest BCUT2D eigenvalue weighted by Crippen LogP contribution is -2.59. The van der Waals surface area contributed by atoms with E-state index in [4.69, 9.17) is 5.73 Å². The molecule has 19 heavy (non-hydrogen) atoms. The normalized spacial score (nSPS) is 27.7. The predicted molar refractivity (Wildman–Crippen MR) is 83.4 cm³/mol. The van der Waals surface area contributed by atoms with Crippen molar-refractivity contribution in [3.63, 3.8) is 0 Å². The lowest BCUT2D eigenvalue weighted by atomic mass is 9.87. The van der Waals surface area contributed by atoms with Crippen molar-refractivity contribution in [1.82, 2.24) is 9.88 Å². The molecular formula is C15H25N3S. The molecule has 0 radical (unpaired) electrons. The van der Waals surface area contributed by atoms with Gasteiger partial charge in [-0.2, -0.15) is 11.8 Å². The zero-order valence-corrected chi connectivity index (χ0v) is 13.0. The lowest BCUT2D eigenvalue weighted by Gasteiger charge is -2.48. The van der Waals surface area contributed by atoms with Crippen molar-refractivity contribution in [2.45, 2.75) is 44.0 Å². The molecule has 2 N–H and O–H groups in total. The van der Waals surface area contributed by atoms with Gasteiger partial charge in [0.05, 0.1) is 5.69 Å². The van der Waals surface area contributed by atoms with Gasteiger partial charge in [0.2, 0.25) is 0 Å². The second kappa shape index (κ2) is 6.25. The highest BCUT2D eigenvalue weighted by atomic mass is 32.2. The van der Waals surface area contributed by atoms with Crippen LogP contribution in [0.3, 0.4) is 0 Å². The molecule has 0 spiro atoms. The average molecular weight is 279 g/mol. The molecule has 2 unspecified atom stereocenters. The third kappa shape index (κ3) is 3.12. The number of hydrogen-bond acceptors (Lipinski definition) is 4. The van der Waals surface area contributed by atoms with Crippen LogP contribution in [0.4, 0.5) is 0 Å². The summed E-state index contributed by atoms with van der Waals surface area (Å²) in [5.74, 6) is 1.26. The molecule has 0 amide bonds. The molecule has 4 heteroatoms. The second-order valence-corrected chi connectivity index (χ2v) is 7.00. The molecule has 2 rings (SSSR count). The van der Waals surface area contributed by atoms with Gasteiger partial charge in [0.25, 0.3) is 0 Å². The molecule has 2 heterocycles. The van der Waals surface area contributed by atoms with Gasteiger partial charge in [0.15, 0.2) is 0 Å². The summed E-state index contributed by atoms with van der Waals surface area (Å²) in [7, 11) is 2.19. The van der Waals surface area contributed by atoms with Crippen molar-refractivity contribution in [1.29, 1.82) is 0 Å². The van der Waals surface area contributed by atoms with Crippen molar-refractivity contribution in [3.05, 3.63) is 29.6 Å². The summed E-state index contributed by atoms with van der Waals surface area (Å²) in [5.41, 5.74) is 8.48. The fraction of sp³-hybridized carbons (Fsp3) is 0.667. The SMILES string of the molecule is Cc1cccc(CN(C)C2(CN)CCCSC2C)n1. The van der Waals surface area contributed by atoms with E-state index in [0.717, 1.165) is 24.5 Å². The van der Waals surface area contributed by atoms with E-state index in [1.165, 1.54) is 18.6 Å². The van der Waals surface area contributed by atoms with Crippen LogP contribution in [0.15, 0.2) is 18.2 Å². The van der Waals surface area contributed by atoms with Gasteiger partial charge < -0.3 is 5.73 Å². The number of likely N-dealkylation sites (N-methyl/N-ethyl adjacent to an activating group) is 1. The topological polar surface area (TPSA) is 42.1 Å². The van der Waals surface area contributed by atoms with Crippen LogP contribution in [-0.2, 0) is 6.54 Å². The van der Waals surface area contributed by atoms with Crippen LogP contribution in [-0.4, -0.2) is 40.0 Å². The molecule has 0 aliphatic carbocycles. The van der Waals surface area contributed by atoms with Crippen molar-refractivity contribution in [3.8, 4) is 0 Å². The van der Waals surface area contributed by atoms with Gasteiger partial charge in [-0.3, -0.25) is 9.88 Å². The van der Waals surface area contributed by atoms with Crippen LogP contribution < -0.4 is 5.73 Å². The van der Waals surface area contributed by atoms with Crippen molar-refractivity contribution in [2.24, 2.45) is 5.73 Å². The van der Waals surface area contributed by atoms with Crippen LogP contribution in [0.1, 0.15) is 31.2 Å². The summed E-state index contributed by atoms with van der Waals surface area (Å²) in [6, 6.07) is 6.23. The van der Waals surface area contributed by atoms with E-state index in [2.05, 4.69) is 36.0 Å². The summed E-state index contributed by atoms with van der Waals surface area (Å²) in [6.45, 7) is 5.96. The Hall–Kier alpha value is -0.580. The van der Waals surface area contributed by atoms with E-state index in [9.17, 15) is 0 Å². The number of nitrogens with zero attached hydrogens (tertiary/aromatic N) is 2. The Morgan fingerprint density at radius 2 is 2.32 bits per heavy atom.